The van der Waals surface area contributed by atoms with Crippen LogP contribution in [0.15, 0.2) is 28.0 Å². The minimum atomic E-state index is 0.169. The molecule has 1 atom stereocenters. The highest BCUT2D eigenvalue weighted by Gasteiger charge is 2.28. The van der Waals surface area contributed by atoms with E-state index in [2.05, 4.69) is 112 Å². The van der Waals surface area contributed by atoms with E-state index in [4.69, 9.17) is 0 Å². The van der Waals surface area contributed by atoms with E-state index in [1.165, 1.54) is 52.4 Å². The Morgan fingerprint density at radius 2 is 1.37 bits per heavy atom. The molecule has 0 amide bonds. The standard InChI is InChI=1S/C29H50S2.2C2H6/c1-21(2)13-12-14-23(5)16-18-31-27-19-24(15-17-28(6,7)8)26(30-11)20-25(27)29(9,10)22(3)4;2*1-2/h15,17,19-23H,12-14,16,18H2,1-11H3;2*1-2H3/b17-15+;;. The lowest BCUT2D eigenvalue weighted by Crippen LogP contribution is -2.25. The minimum absolute atomic E-state index is 0.169. The van der Waals surface area contributed by atoms with E-state index in [0.29, 0.717) is 5.92 Å². The van der Waals surface area contributed by atoms with Gasteiger partial charge in [0.25, 0.3) is 0 Å². The largest absolute Gasteiger partial charge is 0.129 e. The third kappa shape index (κ3) is 14.9. The molecule has 2 heteroatoms. The molecule has 0 fully saturated rings. The number of allylic oxidation sites excluding steroid dienone is 1. The fraction of sp³-hybridized carbons (Fsp3) is 0.758. The summed E-state index contributed by atoms with van der Waals surface area (Å²) >= 11 is 3.96. The maximum Gasteiger partial charge on any atom is 0.0145 e. The highest BCUT2D eigenvalue weighted by atomic mass is 32.2. The minimum Gasteiger partial charge on any atom is -0.129 e. The number of rotatable bonds is 12. The van der Waals surface area contributed by atoms with Crippen molar-refractivity contribution in [2.45, 2.75) is 138 Å². The van der Waals surface area contributed by atoms with Crippen molar-refractivity contribution in [1.29, 1.82) is 0 Å². The maximum absolute atomic E-state index is 2.49. The summed E-state index contributed by atoms with van der Waals surface area (Å²) < 4.78 is 0. The summed E-state index contributed by atoms with van der Waals surface area (Å²) in [6, 6.07) is 4.96. The molecule has 0 aromatic heterocycles. The van der Waals surface area contributed by atoms with Crippen LogP contribution in [-0.4, -0.2) is 12.0 Å². The summed E-state index contributed by atoms with van der Waals surface area (Å²) in [6.07, 6.45) is 12.3. The molecule has 1 rings (SSSR count). The molecule has 0 saturated carbocycles. The van der Waals surface area contributed by atoms with Crippen molar-refractivity contribution in [3.8, 4) is 0 Å². The Morgan fingerprint density at radius 1 is 0.800 bits per heavy atom. The molecule has 1 aromatic rings. The molecule has 1 aromatic carbocycles. The van der Waals surface area contributed by atoms with Gasteiger partial charge in [-0.05, 0) is 70.3 Å². The van der Waals surface area contributed by atoms with Crippen molar-refractivity contribution in [2.24, 2.45) is 23.2 Å². The molecule has 0 saturated heterocycles. The summed E-state index contributed by atoms with van der Waals surface area (Å²) in [6.45, 7) is 31.5. The predicted molar refractivity (Wildman–Crippen MR) is 170 cm³/mol. The van der Waals surface area contributed by atoms with Crippen LogP contribution >= 0.6 is 23.5 Å². The third-order valence-electron chi connectivity index (χ3n) is 6.58. The number of thioether (sulfide) groups is 2. The zero-order chi connectivity index (χ0) is 27.8. The number of benzene rings is 1. The molecule has 0 spiro atoms. The first-order valence-corrected chi connectivity index (χ1v) is 16.5. The fourth-order valence-corrected chi connectivity index (χ4v) is 5.57. The van der Waals surface area contributed by atoms with Crippen LogP contribution in [0.2, 0.25) is 0 Å². The summed E-state index contributed by atoms with van der Waals surface area (Å²) in [5.74, 6) is 3.47. The van der Waals surface area contributed by atoms with Gasteiger partial charge in [0.1, 0.15) is 0 Å². The third-order valence-corrected chi connectivity index (χ3v) is 8.46. The Balaban J connectivity index is 0. The first-order valence-electron chi connectivity index (χ1n) is 14.3. The van der Waals surface area contributed by atoms with Gasteiger partial charge >= 0.3 is 0 Å². The van der Waals surface area contributed by atoms with Crippen molar-refractivity contribution in [3.05, 3.63) is 29.3 Å². The lowest BCUT2D eigenvalue weighted by molar-refractivity contribution is 0.366. The van der Waals surface area contributed by atoms with E-state index in [-0.39, 0.29) is 10.8 Å². The molecule has 0 heterocycles. The Labute approximate surface area is 231 Å². The van der Waals surface area contributed by atoms with Gasteiger partial charge in [-0.15, -0.1) is 23.5 Å². The molecule has 0 bridgehead atoms. The molecule has 0 radical (unpaired) electrons. The topological polar surface area (TPSA) is 0 Å². The van der Waals surface area contributed by atoms with Crippen molar-refractivity contribution in [1.82, 2.24) is 0 Å². The molecular formula is C33H62S2. The van der Waals surface area contributed by atoms with Crippen LogP contribution in [0.4, 0.5) is 0 Å². The summed E-state index contributed by atoms with van der Waals surface area (Å²) in [5, 5.41) is 0. The van der Waals surface area contributed by atoms with Crippen LogP contribution in [0.5, 0.6) is 0 Å². The van der Waals surface area contributed by atoms with Crippen molar-refractivity contribution in [2.75, 3.05) is 12.0 Å². The van der Waals surface area contributed by atoms with E-state index in [1.54, 1.807) is 0 Å². The average molecular weight is 523 g/mol. The SMILES string of the molecule is CC.CC.CSc1cc(C(C)(C)C(C)C)c(SCCC(C)CCCC(C)C)cc1/C=C/C(C)(C)C. The Morgan fingerprint density at radius 3 is 1.83 bits per heavy atom. The average Bonchev–Trinajstić information content (AvgIpc) is 2.79. The van der Waals surface area contributed by atoms with Gasteiger partial charge in [-0.25, -0.2) is 0 Å². The monoisotopic (exact) mass is 522 g/mol. The van der Waals surface area contributed by atoms with Gasteiger partial charge in [0.05, 0.1) is 0 Å². The van der Waals surface area contributed by atoms with Gasteiger partial charge in [0, 0.05) is 9.79 Å². The van der Waals surface area contributed by atoms with Crippen LogP contribution < -0.4 is 0 Å². The van der Waals surface area contributed by atoms with Crippen molar-refractivity contribution in [3.63, 3.8) is 0 Å². The van der Waals surface area contributed by atoms with Gasteiger partial charge in [0.2, 0.25) is 0 Å². The molecular weight excluding hydrogens is 460 g/mol. The van der Waals surface area contributed by atoms with E-state index in [9.17, 15) is 0 Å². The second-order valence-electron chi connectivity index (χ2n) is 11.7. The molecule has 0 aliphatic carbocycles. The van der Waals surface area contributed by atoms with Gasteiger partial charge in [0.15, 0.2) is 0 Å². The van der Waals surface area contributed by atoms with Gasteiger partial charge < -0.3 is 0 Å². The summed E-state index contributed by atoms with van der Waals surface area (Å²) in [7, 11) is 0. The first-order chi connectivity index (χ1) is 16.3. The smallest absolute Gasteiger partial charge is 0.0145 e. The second-order valence-corrected chi connectivity index (χ2v) is 13.7. The van der Waals surface area contributed by atoms with E-state index >= 15 is 0 Å². The van der Waals surface area contributed by atoms with Gasteiger partial charge in [-0.2, -0.15) is 0 Å². The number of hydrogen-bond donors (Lipinski definition) is 0. The van der Waals surface area contributed by atoms with Crippen LogP contribution in [0.1, 0.15) is 134 Å². The normalized spacial score (nSPS) is 12.9. The highest BCUT2D eigenvalue weighted by Crippen LogP contribution is 2.42. The zero-order valence-corrected chi connectivity index (χ0v) is 28.0. The highest BCUT2D eigenvalue weighted by molar-refractivity contribution is 7.99. The quantitative estimate of drug-likeness (QED) is 0.250. The molecule has 0 N–H and O–H groups in total. The zero-order valence-electron chi connectivity index (χ0n) is 26.4. The van der Waals surface area contributed by atoms with E-state index in [1.807, 2.05) is 39.5 Å². The molecule has 35 heavy (non-hydrogen) atoms. The molecule has 0 aliphatic rings. The lowest BCUT2D eigenvalue weighted by atomic mass is 9.75. The van der Waals surface area contributed by atoms with Crippen LogP contribution in [0.3, 0.4) is 0 Å². The van der Waals surface area contributed by atoms with Crippen LogP contribution in [-0.2, 0) is 5.41 Å². The van der Waals surface area contributed by atoms with E-state index in [0.717, 1.165) is 11.8 Å². The van der Waals surface area contributed by atoms with Crippen molar-refractivity contribution >= 4 is 29.6 Å². The Bertz CT molecular complexity index is 690. The molecule has 206 valence electrons. The summed E-state index contributed by atoms with van der Waals surface area (Å²) in [4.78, 5) is 2.88. The molecule has 1 unspecified atom stereocenters. The van der Waals surface area contributed by atoms with Gasteiger partial charge in [-0.3, -0.25) is 0 Å². The van der Waals surface area contributed by atoms with E-state index < -0.39 is 0 Å². The van der Waals surface area contributed by atoms with Crippen LogP contribution in [0.25, 0.3) is 6.08 Å². The first kappa shape index (κ1) is 36.8. The Hall–Kier alpha value is -0.340. The molecule has 0 aliphatic heterocycles. The summed E-state index contributed by atoms with van der Waals surface area (Å²) in [5.41, 5.74) is 3.27. The maximum atomic E-state index is 2.49. The lowest BCUT2D eigenvalue weighted by Gasteiger charge is -2.33. The predicted octanol–water partition coefficient (Wildman–Crippen LogP) is 12.4. The molecule has 0 nitrogen and oxygen atoms in total. The van der Waals surface area contributed by atoms with Crippen LogP contribution in [0, 0.1) is 23.2 Å². The fourth-order valence-electron chi connectivity index (χ4n) is 3.55. The number of hydrogen-bond acceptors (Lipinski definition) is 2. The Kier molecular flexibility index (Phi) is 19.8. The van der Waals surface area contributed by atoms with Crippen molar-refractivity contribution < 1.29 is 0 Å². The second kappa shape index (κ2) is 18.8. The van der Waals surface area contributed by atoms with Gasteiger partial charge in [-0.1, -0.05) is 128 Å².